The van der Waals surface area contributed by atoms with Crippen molar-refractivity contribution in [2.75, 3.05) is 38.3 Å². The molecule has 1 saturated heterocycles. The number of morpholine rings is 1. The van der Waals surface area contributed by atoms with Crippen LogP contribution >= 0.6 is 11.3 Å². The highest BCUT2D eigenvalue weighted by molar-refractivity contribution is 7.15. The fraction of sp³-hybridized carbons (Fsp3) is 0.679. The van der Waals surface area contributed by atoms with Gasteiger partial charge in [0, 0.05) is 24.4 Å². The van der Waals surface area contributed by atoms with Gasteiger partial charge in [0.25, 0.3) is 0 Å². The van der Waals surface area contributed by atoms with Gasteiger partial charge in [-0.15, -0.1) is 11.3 Å². The summed E-state index contributed by atoms with van der Waals surface area (Å²) in [7, 11) is 1.33. The molecule has 2 amide bonds. The first kappa shape index (κ1) is 28.2. The number of carbonyl (C=O) groups is 3. The van der Waals surface area contributed by atoms with E-state index >= 15 is 0 Å². The van der Waals surface area contributed by atoms with Gasteiger partial charge in [0.15, 0.2) is 0 Å². The minimum Gasteiger partial charge on any atom is -0.465 e. The molecule has 7 nitrogen and oxygen atoms in total. The molecule has 2 heterocycles. The SMILES string of the molecule is CC[C@@H](C(=O)N1CCOCC1)N(c1cc(C#CC(C)(C)C)sc1C(=O)OC)C(=O)[C@H]1CC[C@H](C)CC1. The van der Waals surface area contributed by atoms with E-state index in [9.17, 15) is 14.4 Å². The Hall–Kier alpha value is -2.37. The van der Waals surface area contributed by atoms with Crippen molar-refractivity contribution in [3.63, 3.8) is 0 Å². The summed E-state index contributed by atoms with van der Waals surface area (Å²) >= 11 is 1.21. The van der Waals surface area contributed by atoms with E-state index in [0.29, 0.717) is 54.1 Å². The van der Waals surface area contributed by atoms with Crippen LogP contribution in [-0.2, 0) is 19.1 Å². The first-order valence-electron chi connectivity index (χ1n) is 13.0. The highest BCUT2D eigenvalue weighted by atomic mass is 32.1. The summed E-state index contributed by atoms with van der Waals surface area (Å²) in [6.07, 6.45) is 3.97. The Bertz CT molecular complexity index is 1000. The maximum atomic E-state index is 14.1. The van der Waals surface area contributed by atoms with Crippen LogP contribution in [0.25, 0.3) is 0 Å². The molecule has 1 aromatic heterocycles. The Labute approximate surface area is 219 Å². The molecule has 1 aliphatic heterocycles. The average molecular weight is 517 g/mol. The Morgan fingerprint density at radius 1 is 1.19 bits per heavy atom. The Balaban J connectivity index is 2.09. The molecular formula is C28H40N2O5S. The summed E-state index contributed by atoms with van der Waals surface area (Å²) in [6, 6.07) is 1.07. The lowest BCUT2D eigenvalue weighted by Gasteiger charge is -2.38. The zero-order chi connectivity index (χ0) is 26.5. The second-order valence-electron chi connectivity index (χ2n) is 10.8. The van der Waals surface area contributed by atoms with Crippen LogP contribution in [0.2, 0.25) is 0 Å². The van der Waals surface area contributed by atoms with Gasteiger partial charge in [0.2, 0.25) is 11.8 Å². The number of anilines is 1. The van der Waals surface area contributed by atoms with Crippen molar-refractivity contribution in [1.82, 2.24) is 4.90 Å². The molecule has 2 fully saturated rings. The first-order chi connectivity index (χ1) is 17.1. The molecule has 1 aromatic rings. The van der Waals surface area contributed by atoms with Crippen LogP contribution in [0.1, 0.15) is 81.3 Å². The lowest BCUT2D eigenvalue weighted by atomic mass is 9.82. The van der Waals surface area contributed by atoms with Gasteiger partial charge in [-0.3, -0.25) is 14.5 Å². The van der Waals surface area contributed by atoms with Crippen LogP contribution < -0.4 is 4.90 Å². The van der Waals surface area contributed by atoms with Crippen LogP contribution in [0.5, 0.6) is 0 Å². The molecule has 8 heteroatoms. The molecule has 1 saturated carbocycles. The number of esters is 1. The van der Waals surface area contributed by atoms with Gasteiger partial charge >= 0.3 is 5.97 Å². The van der Waals surface area contributed by atoms with Crippen LogP contribution in [0.3, 0.4) is 0 Å². The highest BCUT2D eigenvalue weighted by Crippen LogP contribution is 2.37. The van der Waals surface area contributed by atoms with E-state index in [0.717, 1.165) is 25.7 Å². The molecule has 0 bridgehead atoms. The van der Waals surface area contributed by atoms with Crippen molar-refractivity contribution < 1.29 is 23.9 Å². The van der Waals surface area contributed by atoms with Crippen molar-refractivity contribution in [3.8, 4) is 11.8 Å². The van der Waals surface area contributed by atoms with Gasteiger partial charge in [-0.1, -0.05) is 25.7 Å². The number of amides is 2. The second kappa shape index (κ2) is 12.2. The molecule has 0 unspecified atom stereocenters. The maximum absolute atomic E-state index is 14.1. The molecule has 1 aliphatic carbocycles. The normalized spacial score (nSPS) is 21.2. The number of hydrogen-bond donors (Lipinski definition) is 0. The number of nitrogens with zero attached hydrogens (tertiary/aromatic N) is 2. The molecule has 36 heavy (non-hydrogen) atoms. The minimum atomic E-state index is -0.712. The van der Waals surface area contributed by atoms with Gasteiger partial charge in [-0.05, 0) is 64.9 Å². The van der Waals surface area contributed by atoms with E-state index < -0.39 is 12.0 Å². The number of methoxy groups -OCH3 is 1. The van der Waals surface area contributed by atoms with Gasteiger partial charge in [0.1, 0.15) is 10.9 Å². The van der Waals surface area contributed by atoms with Gasteiger partial charge < -0.3 is 14.4 Å². The molecule has 0 N–H and O–H groups in total. The second-order valence-corrected chi connectivity index (χ2v) is 11.9. The predicted octanol–water partition coefficient (Wildman–Crippen LogP) is 4.73. The Morgan fingerprint density at radius 3 is 2.39 bits per heavy atom. The largest absolute Gasteiger partial charge is 0.465 e. The van der Waals surface area contributed by atoms with E-state index in [1.807, 2.05) is 27.7 Å². The van der Waals surface area contributed by atoms with Crippen LogP contribution in [0, 0.1) is 29.1 Å². The fourth-order valence-corrected chi connectivity index (χ4v) is 5.64. The first-order valence-corrected chi connectivity index (χ1v) is 13.8. The number of ether oxygens (including phenoxy) is 2. The molecular weight excluding hydrogens is 476 g/mol. The van der Waals surface area contributed by atoms with E-state index in [1.54, 1.807) is 15.9 Å². The lowest BCUT2D eigenvalue weighted by molar-refractivity contribution is -0.139. The third kappa shape index (κ3) is 6.89. The smallest absolute Gasteiger partial charge is 0.350 e. The lowest BCUT2D eigenvalue weighted by Crippen LogP contribution is -2.55. The third-order valence-corrected chi connectivity index (χ3v) is 7.83. The van der Waals surface area contributed by atoms with E-state index in [1.165, 1.54) is 18.4 Å². The van der Waals surface area contributed by atoms with Gasteiger partial charge in [-0.25, -0.2) is 4.79 Å². The van der Waals surface area contributed by atoms with Gasteiger partial charge in [-0.2, -0.15) is 0 Å². The molecule has 1 atom stereocenters. The van der Waals surface area contributed by atoms with Crippen molar-refractivity contribution in [2.24, 2.45) is 17.3 Å². The van der Waals surface area contributed by atoms with E-state index in [2.05, 4.69) is 18.8 Å². The summed E-state index contributed by atoms with van der Waals surface area (Å²) in [6.45, 7) is 12.1. The standard InChI is InChI=1S/C28H40N2O5S/c1-7-22(26(32)29-14-16-35-17-15-29)30(25(31)20-10-8-19(2)9-11-20)23-18-21(12-13-28(3,4)5)36-24(23)27(33)34-6/h18-20,22H,7-11,14-17H2,1-6H3/t19-,20-,22-/m0/s1. The Morgan fingerprint density at radius 2 is 1.83 bits per heavy atom. The highest BCUT2D eigenvalue weighted by Gasteiger charge is 2.39. The zero-order valence-electron chi connectivity index (χ0n) is 22.5. The summed E-state index contributed by atoms with van der Waals surface area (Å²) in [4.78, 5) is 45.1. The van der Waals surface area contributed by atoms with E-state index in [-0.39, 0.29) is 23.1 Å². The topological polar surface area (TPSA) is 76.2 Å². The number of thiophene rings is 1. The predicted molar refractivity (Wildman–Crippen MR) is 142 cm³/mol. The van der Waals surface area contributed by atoms with Crippen molar-refractivity contribution >= 4 is 34.8 Å². The van der Waals surface area contributed by atoms with Crippen LogP contribution in [0.4, 0.5) is 5.69 Å². The monoisotopic (exact) mass is 516 g/mol. The van der Waals surface area contributed by atoms with E-state index in [4.69, 9.17) is 9.47 Å². The maximum Gasteiger partial charge on any atom is 0.350 e. The van der Waals surface area contributed by atoms with Gasteiger partial charge in [0.05, 0.1) is 30.9 Å². The summed E-state index contributed by atoms with van der Waals surface area (Å²) in [5.74, 6) is 6.06. The molecule has 0 radical (unpaired) electrons. The van der Waals surface area contributed by atoms with Crippen molar-refractivity contribution in [2.45, 2.75) is 72.8 Å². The third-order valence-electron chi connectivity index (χ3n) is 6.81. The minimum absolute atomic E-state index is 0.0892. The molecule has 0 spiro atoms. The number of rotatable bonds is 6. The summed E-state index contributed by atoms with van der Waals surface area (Å²) in [5, 5.41) is 0. The molecule has 198 valence electrons. The number of hydrogen-bond acceptors (Lipinski definition) is 6. The van der Waals surface area contributed by atoms with Crippen molar-refractivity contribution in [3.05, 3.63) is 15.8 Å². The average Bonchev–Trinajstić information content (AvgIpc) is 3.29. The zero-order valence-corrected chi connectivity index (χ0v) is 23.3. The molecule has 0 aromatic carbocycles. The van der Waals surface area contributed by atoms with Crippen molar-refractivity contribution in [1.29, 1.82) is 0 Å². The van der Waals surface area contributed by atoms with Crippen LogP contribution in [0.15, 0.2) is 6.07 Å². The van der Waals surface area contributed by atoms with Crippen LogP contribution in [-0.4, -0.2) is 62.1 Å². The number of carbonyl (C=O) groups excluding carboxylic acids is 3. The fourth-order valence-electron chi connectivity index (χ4n) is 4.72. The quantitative estimate of drug-likeness (QED) is 0.404. The Kier molecular flexibility index (Phi) is 9.59. The summed E-state index contributed by atoms with van der Waals surface area (Å²) in [5.41, 5.74) is 0.212. The molecule has 3 rings (SSSR count). The summed E-state index contributed by atoms with van der Waals surface area (Å²) < 4.78 is 10.5. The molecule has 2 aliphatic rings.